The molecule has 2 unspecified atom stereocenters. The molecule has 0 saturated carbocycles. The van der Waals surface area contributed by atoms with Crippen molar-refractivity contribution in [2.45, 2.75) is 25.4 Å². The van der Waals surface area contributed by atoms with Crippen LogP contribution in [0.1, 0.15) is 24.3 Å². The van der Waals surface area contributed by atoms with Gasteiger partial charge in [0.1, 0.15) is 0 Å². The highest BCUT2D eigenvalue weighted by Gasteiger charge is 2.21. The zero-order chi connectivity index (χ0) is 12.3. The number of rotatable bonds is 4. The summed E-state index contributed by atoms with van der Waals surface area (Å²) in [5.41, 5.74) is 5.81. The first kappa shape index (κ1) is 12.5. The first-order valence-corrected chi connectivity index (χ1v) is 6.84. The van der Waals surface area contributed by atoms with Crippen LogP contribution in [0.3, 0.4) is 0 Å². The molecule has 3 N–H and O–H groups in total. The van der Waals surface area contributed by atoms with E-state index in [1.54, 1.807) is 11.3 Å². The van der Waals surface area contributed by atoms with Crippen molar-refractivity contribution in [2.75, 3.05) is 19.6 Å². The van der Waals surface area contributed by atoms with E-state index >= 15 is 0 Å². The highest BCUT2D eigenvalue weighted by Crippen LogP contribution is 2.18. The summed E-state index contributed by atoms with van der Waals surface area (Å²) in [6.07, 6.45) is 0.994. The molecule has 17 heavy (non-hydrogen) atoms. The molecule has 1 amide bonds. The van der Waals surface area contributed by atoms with Gasteiger partial charge in [-0.15, -0.1) is 11.3 Å². The Morgan fingerprint density at radius 3 is 3.18 bits per heavy atom. The van der Waals surface area contributed by atoms with Gasteiger partial charge in [0.2, 0.25) is 5.91 Å². The average molecular weight is 253 g/mol. The third-order valence-electron chi connectivity index (χ3n) is 3.02. The van der Waals surface area contributed by atoms with E-state index in [2.05, 4.69) is 10.2 Å². The molecule has 4 nitrogen and oxygen atoms in total. The summed E-state index contributed by atoms with van der Waals surface area (Å²) in [4.78, 5) is 15.1. The number of hydrogen-bond donors (Lipinski definition) is 2. The lowest BCUT2D eigenvalue weighted by Gasteiger charge is -2.17. The number of carbonyl (C=O) groups is 1. The zero-order valence-corrected chi connectivity index (χ0v) is 10.9. The molecule has 0 spiro atoms. The average Bonchev–Trinajstić information content (AvgIpc) is 2.89. The van der Waals surface area contributed by atoms with E-state index in [1.165, 1.54) is 4.88 Å². The van der Waals surface area contributed by atoms with Gasteiger partial charge in [-0.25, -0.2) is 0 Å². The maximum atomic E-state index is 11.8. The Hall–Kier alpha value is -0.910. The van der Waals surface area contributed by atoms with Gasteiger partial charge in [0, 0.05) is 24.0 Å². The summed E-state index contributed by atoms with van der Waals surface area (Å²) in [6, 6.07) is 4.38. The molecule has 1 fully saturated rings. The molecule has 0 radical (unpaired) electrons. The standard InChI is InChI=1S/C12H19N3OS/c1-9(11-3-2-6-17-11)14-12(16)8-15-5-4-10(13)7-15/h2-3,6,9-10H,4-5,7-8,13H2,1H3,(H,14,16). The van der Waals surface area contributed by atoms with E-state index in [-0.39, 0.29) is 18.0 Å². The maximum Gasteiger partial charge on any atom is 0.234 e. The number of likely N-dealkylation sites (tertiary alicyclic amines) is 1. The van der Waals surface area contributed by atoms with E-state index in [4.69, 9.17) is 5.73 Å². The van der Waals surface area contributed by atoms with Crippen LogP contribution in [0.25, 0.3) is 0 Å². The third-order valence-corrected chi connectivity index (χ3v) is 4.08. The van der Waals surface area contributed by atoms with Gasteiger partial charge >= 0.3 is 0 Å². The molecule has 0 bridgehead atoms. The van der Waals surface area contributed by atoms with Crippen LogP contribution >= 0.6 is 11.3 Å². The SMILES string of the molecule is CC(NC(=O)CN1CCC(N)C1)c1cccs1. The van der Waals surface area contributed by atoms with Crippen LogP contribution in [0.15, 0.2) is 17.5 Å². The van der Waals surface area contributed by atoms with Crippen molar-refractivity contribution in [2.24, 2.45) is 5.73 Å². The molecule has 1 aromatic rings. The van der Waals surface area contributed by atoms with Crippen LogP contribution in [-0.2, 0) is 4.79 Å². The molecule has 2 heterocycles. The number of thiophene rings is 1. The molecule has 0 aromatic carbocycles. The highest BCUT2D eigenvalue weighted by molar-refractivity contribution is 7.10. The fourth-order valence-electron chi connectivity index (χ4n) is 2.11. The Morgan fingerprint density at radius 2 is 2.59 bits per heavy atom. The molecule has 2 rings (SSSR count). The smallest absolute Gasteiger partial charge is 0.234 e. The lowest BCUT2D eigenvalue weighted by atomic mass is 10.2. The summed E-state index contributed by atoms with van der Waals surface area (Å²) < 4.78 is 0. The molecule has 2 atom stereocenters. The molecule has 0 aliphatic carbocycles. The summed E-state index contributed by atoms with van der Waals surface area (Å²) >= 11 is 1.67. The summed E-state index contributed by atoms with van der Waals surface area (Å²) in [5.74, 6) is 0.0833. The number of carbonyl (C=O) groups excluding carboxylic acids is 1. The second-order valence-corrected chi connectivity index (χ2v) is 5.57. The van der Waals surface area contributed by atoms with Gasteiger partial charge in [0.05, 0.1) is 12.6 Å². The summed E-state index contributed by atoms with van der Waals surface area (Å²) in [6.45, 7) is 4.24. The summed E-state index contributed by atoms with van der Waals surface area (Å²) in [5, 5.41) is 5.04. The quantitative estimate of drug-likeness (QED) is 0.840. The van der Waals surface area contributed by atoms with Gasteiger partial charge in [-0.2, -0.15) is 0 Å². The van der Waals surface area contributed by atoms with Crippen molar-refractivity contribution in [3.8, 4) is 0 Å². The van der Waals surface area contributed by atoms with E-state index in [0.717, 1.165) is 19.5 Å². The van der Waals surface area contributed by atoms with Crippen LogP contribution < -0.4 is 11.1 Å². The minimum atomic E-state index is 0.0833. The van der Waals surface area contributed by atoms with E-state index in [9.17, 15) is 4.79 Å². The molecular formula is C12H19N3OS. The van der Waals surface area contributed by atoms with Crippen LogP contribution in [0.2, 0.25) is 0 Å². The Bertz CT molecular complexity index is 366. The lowest BCUT2D eigenvalue weighted by Crippen LogP contribution is -2.38. The fourth-order valence-corrected chi connectivity index (χ4v) is 2.84. The molecular weight excluding hydrogens is 234 g/mol. The van der Waals surface area contributed by atoms with Crippen molar-refractivity contribution in [3.63, 3.8) is 0 Å². The van der Waals surface area contributed by atoms with Crippen molar-refractivity contribution in [1.82, 2.24) is 10.2 Å². The Balaban J connectivity index is 1.77. The minimum Gasteiger partial charge on any atom is -0.348 e. The van der Waals surface area contributed by atoms with Crippen LogP contribution in [0.5, 0.6) is 0 Å². The van der Waals surface area contributed by atoms with Gasteiger partial charge in [0.25, 0.3) is 0 Å². The van der Waals surface area contributed by atoms with Gasteiger partial charge in [0.15, 0.2) is 0 Å². The van der Waals surface area contributed by atoms with Gasteiger partial charge in [-0.05, 0) is 24.8 Å². The molecule has 1 saturated heterocycles. The van der Waals surface area contributed by atoms with Crippen molar-refractivity contribution in [1.29, 1.82) is 0 Å². The molecule has 5 heteroatoms. The largest absolute Gasteiger partial charge is 0.348 e. The number of amides is 1. The van der Waals surface area contributed by atoms with Gasteiger partial charge in [-0.1, -0.05) is 6.07 Å². The molecule has 1 aromatic heterocycles. The third kappa shape index (κ3) is 3.52. The Morgan fingerprint density at radius 1 is 1.76 bits per heavy atom. The molecule has 1 aliphatic rings. The first-order valence-electron chi connectivity index (χ1n) is 5.96. The number of nitrogens with zero attached hydrogens (tertiary/aromatic N) is 1. The highest BCUT2D eigenvalue weighted by atomic mass is 32.1. The first-order chi connectivity index (χ1) is 8.15. The topological polar surface area (TPSA) is 58.4 Å². The maximum absolute atomic E-state index is 11.8. The minimum absolute atomic E-state index is 0.0833. The van der Waals surface area contributed by atoms with Crippen LogP contribution in [0, 0.1) is 0 Å². The van der Waals surface area contributed by atoms with Crippen molar-refractivity contribution in [3.05, 3.63) is 22.4 Å². The number of nitrogens with one attached hydrogen (secondary N) is 1. The van der Waals surface area contributed by atoms with Gasteiger partial charge < -0.3 is 11.1 Å². The van der Waals surface area contributed by atoms with E-state index in [0.29, 0.717) is 6.54 Å². The van der Waals surface area contributed by atoms with Crippen LogP contribution in [-0.4, -0.2) is 36.5 Å². The predicted octanol–water partition coefficient (Wildman–Crippen LogP) is 0.958. The molecule has 1 aliphatic heterocycles. The lowest BCUT2D eigenvalue weighted by molar-refractivity contribution is -0.122. The normalized spacial score (nSPS) is 22.6. The Kier molecular flexibility index (Phi) is 4.15. The Labute approximate surface area is 106 Å². The summed E-state index contributed by atoms with van der Waals surface area (Å²) in [7, 11) is 0. The zero-order valence-electron chi connectivity index (χ0n) is 10.1. The van der Waals surface area contributed by atoms with Crippen LogP contribution in [0.4, 0.5) is 0 Å². The number of hydrogen-bond acceptors (Lipinski definition) is 4. The molecule has 94 valence electrons. The van der Waals surface area contributed by atoms with Crippen molar-refractivity contribution >= 4 is 17.2 Å². The van der Waals surface area contributed by atoms with Gasteiger partial charge in [-0.3, -0.25) is 9.69 Å². The van der Waals surface area contributed by atoms with E-state index < -0.39 is 0 Å². The predicted molar refractivity (Wildman–Crippen MR) is 69.9 cm³/mol. The van der Waals surface area contributed by atoms with Crippen molar-refractivity contribution < 1.29 is 4.79 Å². The second kappa shape index (κ2) is 5.62. The van der Waals surface area contributed by atoms with E-state index in [1.807, 2.05) is 24.4 Å². The fraction of sp³-hybridized carbons (Fsp3) is 0.583. The monoisotopic (exact) mass is 253 g/mol. The second-order valence-electron chi connectivity index (χ2n) is 4.59. The number of nitrogens with two attached hydrogens (primary N) is 1.